The summed E-state index contributed by atoms with van der Waals surface area (Å²) < 4.78 is 5.71. The van der Waals surface area contributed by atoms with Crippen LogP contribution in [0.3, 0.4) is 0 Å². The third kappa shape index (κ3) is 3.95. The number of nitrogens with zero attached hydrogens (tertiary/aromatic N) is 2. The first-order valence-corrected chi connectivity index (χ1v) is 6.64. The fourth-order valence-electron chi connectivity index (χ4n) is 1.66. The average molecular weight is 257 g/mol. The highest BCUT2D eigenvalue weighted by Gasteiger charge is 2.01. The molecule has 0 radical (unpaired) electrons. The summed E-state index contributed by atoms with van der Waals surface area (Å²) in [6, 6.07) is 9.85. The van der Waals surface area contributed by atoms with Gasteiger partial charge >= 0.3 is 0 Å². The van der Waals surface area contributed by atoms with Crippen LogP contribution in [-0.2, 0) is 6.42 Å². The van der Waals surface area contributed by atoms with E-state index in [2.05, 4.69) is 41.3 Å². The van der Waals surface area contributed by atoms with E-state index in [9.17, 15) is 0 Å². The summed E-state index contributed by atoms with van der Waals surface area (Å²) in [6.07, 6.45) is 3.59. The largest absolute Gasteiger partial charge is 0.439 e. The Labute approximate surface area is 113 Å². The van der Waals surface area contributed by atoms with Gasteiger partial charge in [0.15, 0.2) is 0 Å². The lowest BCUT2D eigenvalue weighted by atomic mass is 10.2. The Morgan fingerprint density at radius 2 is 1.89 bits per heavy atom. The summed E-state index contributed by atoms with van der Waals surface area (Å²) in [4.78, 5) is 8.26. The number of hydrogen-bond acceptors (Lipinski definition) is 4. The van der Waals surface area contributed by atoms with Crippen molar-refractivity contribution in [2.24, 2.45) is 0 Å². The normalized spacial score (nSPS) is 10.2. The van der Waals surface area contributed by atoms with Gasteiger partial charge in [-0.2, -0.15) is 0 Å². The molecule has 1 aromatic carbocycles. The fourth-order valence-corrected chi connectivity index (χ4v) is 1.66. The maximum Gasteiger partial charge on any atom is 0.224 e. The van der Waals surface area contributed by atoms with E-state index in [1.807, 2.05) is 18.2 Å². The van der Waals surface area contributed by atoms with E-state index in [0.717, 1.165) is 31.0 Å². The second-order valence-corrected chi connectivity index (χ2v) is 4.27. The van der Waals surface area contributed by atoms with Crippen LogP contribution in [-0.4, -0.2) is 16.5 Å². The SMILES string of the molecule is CCCNc1cc(Oc2ccc(CC)cc2)ncn1. The van der Waals surface area contributed by atoms with Crippen LogP contribution in [0.15, 0.2) is 36.7 Å². The van der Waals surface area contributed by atoms with Crippen LogP contribution in [0.25, 0.3) is 0 Å². The first kappa shape index (κ1) is 13.3. The van der Waals surface area contributed by atoms with Crippen molar-refractivity contribution in [3.8, 4) is 11.6 Å². The number of aromatic nitrogens is 2. The highest BCUT2D eigenvalue weighted by atomic mass is 16.5. The van der Waals surface area contributed by atoms with Crippen LogP contribution in [0.2, 0.25) is 0 Å². The van der Waals surface area contributed by atoms with Crippen LogP contribution >= 0.6 is 0 Å². The third-order valence-electron chi connectivity index (χ3n) is 2.75. The quantitative estimate of drug-likeness (QED) is 0.858. The van der Waals surface area contributed by atoms with E-state index < -0.39 is 0 Å². The molecule has 0 bridgehead atoms. The van der Waals surface area contributed by atoms with E-state index in [-0.39, 0.29) is 0 Å². The molecular weight excluding hydrogens is 238 g/mol. The van der Waals surface area contributed by atoms with Crippen molar-refractivity contribution in [1.29, 1.82) is 0 Å². The van der Waals surface area contributed by atoms with Crippen LogP contribution in [0, 0.1) is 0 Å². The van der Waals surface area contributed by atoms with E-state index >= 15 is 0 Å². The van der Waals surface area contributed by atoms with Gasteiger partial charge in [0, 0.05) is 12.6 Å². The van der Waals surface area contributed by atoms with Crippen molar-refractivity contribution in [1.82, 2.24) is 9.97 Å². The number of anilines is 1. The molecule has 0 aliphatic heterocycles. The molecule has 0 unspecified atom stereocenters. The average Bonchev–Trinajstić information content (AvgIpc) is 2.46. The number of rotatable bonds is 6. The molecule has 0 saturated carbocycles. The molecule has 0 saturated heterocycles. The lowest BCUT2D eigenvalue weighted by Gasteiger charge is -2.07. The summed E-state index contributed by atoms with van der Waals surface area (Å²) in [5, 5.41) is 3.21. The Morgan fingerprint density at radius 1 is 1.11 bits per heavy atom. The monoisotopic (exact) mass is 257 g/mol. The zero-order valence-electron chi connectivity index (χ0n) is 11.4. The summed E-state index contributed by atoms with van der Waals surface area (Å²) in [5.74, 6) is 2.13. The van der Waals surface area contributed by atoms with E-state index in [4.69, 9.17) is 4.74 Å². The lowest BCUT2D eigenvalue weighted by Crippen LogP contribution is -2.02. The van der Waals surface area contributed by atoms with Crippen molar-refractivity contribution >= 4 is 5.82 Å². The molecular formula is C15H19N3O. The van der Waals surface area contributed by atoms with Gasteiger partial charge in [-0.1, -0.05) is 26.0 Å². The highest BCUT2D eigenvalue weighted by Crippen LogP contribution is 2.21. The number of aryl methyl sites for hydroxylation is 1. The molecule has 2 aromatic rings. The predicted molar refractivity (Wildman–Crippen MR) is 76.7 cm³/mol. The van der Waals surface area contributed by atoms with Crippen LogP contribution < -0.4 is 10.1 Å². The topological polar surface area (TPSA) is 47.0 Å². The van der Waals surface area contributed by atoms with E-state index in [1.165, 1.54) is 11.9 Å². The Kier molecular flexibility index (Phi) is 4.72. The number of ether oxygens (including phenoxy) is 1. The van der Waals surface area contributed by atoms with Crippen molar-refractivity contribution in [2.75, 3.05) is 11.9 Å². The van der Waals surface area contributed by atoms with E-state index in [0.29, 0.717) is 5.88 Å². The van der Waals surface area contributed by atoms with Gasteiger partial charge < -0.3 is 10.1 Å². The second-order valence-electron chi connectivity index (χ2n) is 4.27. The molecule has 4 nitrogen and oxygen atoms in total. The summed E-state index contributed by atoms with van der Waals surface area (Å²) >= 11 is 0. The smallest absolute Gasteiger partial charge is 0.224 e. The van der Waals surface area contributed by atoms with Crippen molar-refractivity contribution in [2.45, 2.75) is 26.7 Å². The maximum absolute atomic E-state index is 5.71. The van der Waals surface area contributed by atoms with Crippen LogP contribution in [0.4, 0.5) is 5.82 Å². The Bertz CT molecular complexity index is 511. The third-order valence-corrected chi connectivity index (χ3v) is 2.75. The summed E-state index contributed by atoms with van der Waals surface area (Å²) in [7, 11) is 0. The molecule has 0 amide bonds. The molecule has 1 aromatic heterocycles. The van der Waals surface area contributed by atoms with Crippen molar-refractivity contribution in [3.63, 3.8) is 0 Å². The molecule has 1 heterocycles. The van der Waals surface area contributed by atoms with Crippen molar-refractivity contribution in [3.05, 3.63) is 42.2 Å². The zero-order valence-corrected chi connectivity index (χ0v) is 11.4. The Balaban J connectivity index is 2.05. The maximum atomic E-state index is 5.71. The molecule has 0 aliphatic carbocycles. The number of hydrogen-bond donors (Lipinski definition) is 1. The fraction of sp³-hybridized carbons (Fsp3) is 0.333. The van der Waals surface area contributed by atoms with Gasteiger partial charge in [0.25, 0.3) is 0 Å². The molecule has 2 rings (SSSR count). The molecule has 0 aliphatic rings. The minimum Gasteiger partial charge on any atom is -0.439 e. The minimum absolute atomic E-state index is 0.554. The van der Waals surface area contributed by atoms with Gasteiger partial charge in [0.1, 0.15) is 17.9 Å². The zero-order chi connectivity index (χ0) is 13.5. The number of nitrogens with one attached hydrogen (secondary N) is 1. The molecule has 0 fully saturated rings. The molecule has 0 atom stereocenters. The first-order valence-electron chi connectivity index (χ1n) is 6.64. The van der Waals surface area contributed by atoms with Gasteiger partial charge in [-0.3, -0.25) is 0 Å². The first-order chi connectivity index (χ1) is 9.31. The number of benzene rings is 1. The van der Waals surface area contributed by atoms with Gasteiger partial charge in [0.05, 0.1) is 0 Å². The molecule has 0 spiro atoms. The molecule has 1 N–H and O–H groups in total. The molecule has 19 heavy (non-hydrogen) atoms. The van der Waals surface area contributed by atoms with Gasteiger partial charge in [-0.15, -0.1) is 0 Å². The van der Waals surface area contributed by atoms with Gasteiger partial charge in [0.2, 0.25) is 5.88 Å². The van der Waals surface area contributed by atoms with Crippen LogP contribution in [0.1, 0.15) is 25.8 Å². The van der Waals surface area contributed by atoms with Crippen molar-refractivity contribution < 1.29 is 4.74 Å². The minimum atomic E-state index is 0.554. The lowest BCUT2D eigenvalue weighted by molar-refractivity contribution is 0.461. The highest BCUT2D eigenvalue weighted by molar-refractivity contribution is 5.39. The molecule has 100 valence electrons. The second kappa shape index (κ2) is 6.73. The Morgan fingerprint density at radius 3 is 2.58 bits per heavy atom. The summed E-state index contributed by atoms with van der Waals surface area (Å²) in [5.41, 5.74) is 1.29. The predicted octanol–water partition coefficient (Wildman–Crippen LogP) is 3.65. The van der Waals surface area contributed by atoms with Gasteiger partial charge in [-0.25, -0.2) is 9.97 Å². The van der Waals surface area contributed by atoms with E-state index in [1.54, 1.807) is 0 Å². The summed E-state index contributed by atoms with van der Waals surface area (Å²) in [6.45, 7) is 5.13. The molecule has 4 heteroatoms. The van der Waals surface area contributed by atoms with Crippen LogP contribution in [0.5, 0.6) is 11.6 Å². The standard InChI is InChI=1S/C15H19N3O/c1-3-9-16-14-10-15(18-11-17-14)19-13-7-5-12(4-2)6-8-13/h5-8,10-11H,3-4,9H2,1-2H3,(H,16,17,18). The van der Waals surface area contributed by atoms with Gasteiger partial charge in [-0.05, 0) is 30.5 Å². The Hall–Kier alpha value is -2.10.